The average molecular weight is 148 g/mol. The van der Waals surface area contributed by atoms with Crippen molar-refractivity contribution in [2.24, 2.45) is 5.73 Å². The van der Waals surface area contributed by atoms with Crippen molar-refractivity contribution in [3.05, 3.63) is 35.9 Å². The summed E-state index contributed by atoms with van der Waals surface area (Å²) in [5, 5.41) is 0. The molecule has 0 aliphatic rings. The lowest BCUT2D eigenvalue weighted by Gasteiger charge is -1.96. The largest absolute Gasteiger partial charge is 0.398 e. The summed E-state index contributed by atoms with van der Waals surface area (Å²) in [4.78, 5) is 0. The number of benzene rings is 1. The number of para-hydroxylation sites is 1. The minimum atomic E-state index is 0.550. The topological polar surface area (TPSA) is 52.0 Å². The first-order valence-electron chi connectivity index (χ1n) is 3.55. The van der Waals surface area contributed by atoms with E-state index in [1.165, 1.54) is 0 Å². The van der Waals surface area contributed by atoms with Gasteiger partial charge in [0, 0.05) is 12.2 Å². The summed E-state index contributed by atoms with van der Waals surface area (Å²) in [7, 11) is 0. The molecule has 0 heterocycles. The molecule has 0 aliphatic carbocycles. The van der Waals surface area contributed by atoms with Crippen LogP contribution < -0.4 is 11.5 Å². The van der Waals surface area contributed by atoms with Crippen LogP contribution in [0.25, 0.3) is 6.08 Å². The van der Waals surface area contributed by atoms with Gasteiger partial charge in [-0.1, -0.05) is 30.4 Å². The third kappa shape index (κ3) is 2.09. The van der Waals surface area contributed by atoms with E-state index in [9.17, 15) is 0 Å². The summed E-state index contributed by atoms with van der Waals surface area (Å²) in [6.07, 6.45) is 3.81. The molecule has 0 saturated carbocycles. The maximum Gasteiger partial charge on any atom is 0.0387 e. The molecule has 58 valence electrons. The molecule has 1 rings (SSSR count). The molecule has 11 heavy (non-hydrogen) atoms. The van der Waals surface area contributed by atoms with Gasteiger partial charge in [0.15, 0.2) is 0 Å². The SMILES string of the molecule is NCC=Cc1ccccc1N. The molecule has 1 aromatic carbocycles. The third-order valence-corrected chi connectivity index (χ3v) is 1.43. The minimum absolute atomic E-state index is 0.550. The molecule has 0 fully saturated rings. The van der Waals surface area contributed by atoms with E-state index in [1.807, 2.05) is 36.4 Å². The highest BCUT2D eigenvalue weighted by molar-refractivity contribution is 5.64. The van der Waals surface area contributed by atoms with E-state index < -0.39 is 0 Å². The van der Waals surface area contributed by atoms with Crippen LogP contribution in [0, 0.1) is 0 Å². The Kier molecular flexibility index (Phi) is 2.69. The average Bonchev–Trinajstić information content (AvgIpc) is 2.03. The Morgan fingerprint density at radius 1 is 1.27 bits per heavy atom. The summed E-state index contributed by atoms with van der Waals surface area (Å²) in [5.74, 6) is 0. The van der Waals surface area contributed by atoms with Crippen LogP contribution in [-0.4, -0.2) is 6.54 Å². The predicted molar refractivity (Wildman–Crippen MR) is 48.9 cm³/mol. The summed E-state index contributed by atoms with van der Waals surface area (Å²) in [5.41, 5.74) is 12.8. The molecule has 0 unspecified atom stereocenters. The molecule has 2 heteroatoms. The summed E-state index contributed by atoms with van der Waals surface area (Å²) < 4.78 is 0. The van der Waals surface area contributed by atoms with Gasteiger partial charge in [0.25, 0.3) is 0 Å². The monoisotopic (exact) mass is 148 g/mol. The van der Waals surface area contributed by atoms with Crippen molar-refractivity contribution < 1.29 is 0 Å². The molecule has 0 saturated heterocycles. The number of hydrogen-bond donors (Lipinski definition) is 2. The second-order valence-electron chi connectivity index (χ2n) is 2.27. The number of hydrogen-bond acceptors (Lipinski definition) is 2. The van der Waals surface area contributed by atoms with Gasteiger partial charge in [-0.25, -0.2) is 0 Å². The van der Waals surface area contributed by atoms with Gasteiger partial charge in [-0.15, -0.1) is 0 Å². The van der Waals surface area contributed by atoms with Crippen molar-refractivity contribution in [2.75, 3.05) is 12.3 Å². The zero-order valence-electron chi connectivity index (χ0n) is 6.33. The van der Waals surface area contributed by atoms with Gasteiger partial charge in [-0.05, 0) is 11.6 Å². The molecule has 1 aromatic rings. The Balaban J connectivity index is 2.86. The first kappa shape index (κ1) is 7.82. The van der Waals surface area contributed by atoms with Crippen molar-refractivity contribution in [1.82, 2.24) is 0 Å². The van der Waals surface area contributed by atoms with Gasteiger partial charge >= 0.3 is 0 Å². The summed E-state index contributed by atoms with van der Waals surface area (Å²) in [6, 6.07) is 7.69. The number of anilines is 1. The lowest BCUT2D eigenvalue weighted by Crippen LogP contribution is -1.93. The van der Waals surface area contributed by atoms with E-state index in [2.05, 4.69) is 0 Å². The molecule has 0 atom stereocenters. The van der Waals surface area contributed by atoms with E-state index in [1.54, 1.807) is 0 Å². The normalized spacial score (nSPS) is 10.6. The fourth-order valence-electron chi connectivity index (χ4n) is 0.858. The Morgan fingerprint density at radius 3 is 2.64 bits per heavy atom. The molecule has 0 spiro atoms. The van der Waals surface area contributed by atoms with Crippen LogP contribution in [0.4, 0.5) is 5.69 Å². The standard InChI is InChI=1S/C9H12N2/c10-7-3-5-8-4-1-2-6-9(8)11/h1-6H,7,10-11H2. The minimum Gasteiger partial charge on any atom is -0.398 e. The molecular weight excluding hydrogens is 136 g/mol. The Bertz CT molecular complexity index is 253. The van der Waals surface area contributed by atoms with Gasteiger partial charge in [0.1, 0.15) is 0 Å². The van der Waals surface area contributed by atoms with E-state index in [4.69, 9.17) is 11.5 Å². The van der Waals surface area contributed by atoms with Crippen molar-refractivity contribution in [3.63, 3.8) is 0 Å². The molecule has 0 bridgehead atoms. The Hall–Kier alpha value is -1.28. The number of nitrogens with two attached hydrogens (primary N) is 2. The lowest BCUT2D eigenvalue weighted by atomic mass is 10.2. The van der Waals surface area contributed by atoms with Crippen LogP contribution in [0.2, 0.25) is 0 Å². The molecule has 0 aliphatic heterocycles. The smallest absolute Gasteiger partial charge is 0.0387 e. The molecule has 0 aromatic heterocycles. The highest BCUT2D eigenvalue weighted by Crippen LogP contribution is 2.11. The van der Waals surface area contributed by atoms with Gasteiger partial charge in [0.05, 0.1) is 0 Å². The maximum atomic E-state index is 5.67. The van der Waals surface area contributed by atoms with Crippen LogP contribution in [0.3, 0.4) is 0 Å². The van der Waals surface area contributed by atoms with Gasteiger partial charge in [-0.3, -0.25) is 0 Å². The zero-order chi connectivity index (χ0) is 8.10. The molecule has 0 amide bonds. The predicted octanol–water partition coefficient (Wildman–Crippen LogP) is 1.24. The van der Waals surface area contributed by atoms with Crippen LogP contribution in [0.1, 0.15) is 5.56 Å². The van der Waals surface area contributed by atoms with Crippen LogP contribution in [-0.2, 0) is 0 Å². The van der Waals surface area contributed by atoms with Crippen molar-refractivity contribution in [3.8, 4) is 0 Å². The van der Waals surface area contributed by atoms with Gasteiger partial charge < -0.3 is 11.5 Å². The highest BCUT2D eigenvalue weighted by atomic mass is 14.6. The summed E-state index contributed by atoms with van der Waals surface area (Å²) in [6.45, 7) is 0.550. The first-order chi connectivity index (χ1) is 5.34. The fourth-order valence-corrected chi connectivity index (χ4v) is 0.858. The Morgan fingerprint density at radius 2 is 2.00 bits per heavy atom. The lowest BCUT2D eigenvalue weighted by molar-refractivity contribution is 1.26. The summed E-state index contributed by atoms with van der Waals surface area (Å²) >= 11 is 0. The van der Waals surface area contributed by atoms with Gasteiger partial charge in [0.2, 0.25) is 0 Å². The molecule has 0 radical (unpaired) electrons. The van der Waals surface area contributed by atoms with E-state index in [0.717, 1.165) is 11.3 Å². The van der Waals surface area contributed by atoms with Crippen LogP contribution in [0.15, 0.2) is 30.3 Å². The van der Waals surface area contributed by atoms with Crippen molar-refractivity contribution in [1.29, 1.82) is 0 Å². The quantitative estimate of drug-likeness (QED) is 0.620. The van der Waals surface area contributed by atoms with Crippen LogP contribution in [0.5, 0.6) is 0 Å². The van der Waals surface area contributed by atoms with E-state index >= 15 is 0 Å². The van der Waals surface area contributed by atoms with Gasteiger partial charge in [-0.2, -0.15) is 0 Å². The highest BCUT2D eigenvalue weighted by Gasteiger charge is 1.89. The van der Waals surface area contributed by atoms with E-state index in [0.29, 0.717) is 6.54 Å². The molecule has 2 nitrogen and oxygen atoms in total. The molecule has 4 N–H and O–H groups in total. The number of rotatable bonds is 2. The zero-order valence-corrected chi connectivity index (χ0v) is 6.33. The second-order valence-corrected chi connectivity index (χ2v) is 2.27. The van der Waals surface area contributed by atoms with Crippen LogP contribution >= 0.6 is 0 Å². The van der Waals surface area contributed by atoms with Crippen molar-refractivity contribution >= 4 is 11.8 Å². The number of nitrogen functional groups attached to an aromatic ring is 1. The second kappa shape index (κ2) is 3.78. The Labute approximate surface area is 66.5 Å². The fraction of sp³-hybridized carbons (Fsp3) is 0.111. The van der Waals surface area contributed by atoms with Crippen molar-refractivity contribution in [2.45, 2.75) is 0 Å². The third-order valence-electron chi connectivity index (χ3n) is 1.43. The maximum absolute atomic E-state index is 5.67. The first-order valence-corrected chi connectivity index (χ1v) is 3.55. The van der Waals surface area contributed by atoms with E-state index in [-0.39, 0.29) is 0 Å². The molecular formula is C9H12N2.